The van der Waals surface area contributed by atoms with Gasteiger partial charge in [0.2, 0.25) is 5.91 Å². The zero-order valence-corrected chi connectivity index (χ0v) is 19.4. The lowest BCUT2D eigenvalue weighted by molar-refractivity contribution is -0.123. The molecule has 1 N–H and O–H groups in total. The Hall–Kier alpha value is -1.87. The van der Waals surface area contributed by atoms with Gasteiger partial charge in [-0.15, -0.1) is 0 Å². The largest absolute Gasteiger partial charge is 0.354 e. The lowest BCUT2D eigenvalue weighted by Gasteiger charge is -2.24. The van der Waals surface area contributed by atoms with Gasteiger partial charge in [-0.3, -0.25) is 9.59 Å². The third-order valence-electron chi connectivity index (χ3n) is 4.70. The first-order valence-corrected chi connectivity index (χ1v) is 14.6. The zero-order valence-electron chi connectivity index (χ0n) is 17.6. The average molecular weight is 426 g/mol. The van der Waals surface area contributed by atoms with Gasteiger partial charge in [-0.1, -0.05) is 31.8 Å². The molecule has 1 saturated heterocycles. The molecule has 0 radical (unpaired) electrons. The molecule has 156 valence electrons. The van der Waals surface area contributed by atoms with Crippen molar-refractivity contribution < 1.29 is 18.0 Å². The summed E-state index contributed by atoms with van der Waals surface area (Å²) in [6, 6.07) is 6.24. The summed E-state index contributed by atoms with van der Waals surface area (Å²) < 4.78 is 28.1. The van der Waals surface area contributed by atoms with Gasteiger partial charge >= 0.3 is 10.2 Å². The van der Waals surface area contributed by atoms with Crippen LogP contribution >= 0.6 is 0 Å². The van der Waals surface area contributed by atoms with Gasteiger partial charge in [-0.05, 0) is 43.5 Å². The van der Waals surface area contributed by atoms with Crippen molar-refractivity contribution in [2.24, 2.45) is 0 Å². The Morgan fingerprint density at radius 2 is 1.93 bits per heavy atom. The molecule has 28 heavy (non-hydrogen) atoms. The zero-order chi connectivity index (χ0) is 21.3. The van der Waals surface area contributed by atoms with Crippen molar-refractivity contribution in [1.29, 1.82) is 0 Å². The minimum Gasteiger partial charge on any atom is -0.354 e. The van der Waals surface area contributed by atoms with Crippen molar-refractivity contribution in [3.63, 3.8) is 0 Å². The molecule has 0 aliphatic carbocycles. The molecule has 1 heterocycles. The molecule has 0 saturated carbocycles. The fourth-order valence-electron chi connectivity index (χ4n) is 3.29. The molecule has 9 heteroatoms. The number of amides is 2. The maximum absolute atomic E-state index is 13.0. The number of carbonyl (C=O) groups is 2. The maximum atomic E-state index is 13.0. The molecule has 0 spiro atoms. The maximum Gasteiger partial charge on any atom is 0.329 e. The highest BCUT2D eigenvalue weighted by Crippen LogP contribution is 2.30. The second-order valence-electron chi connectivity index (χ2n) is 8.72. The lowest BCUT2D eigenvalue weighted by atomic mass is 10.0. The van der Waals surface area contributed by atoms with Gasteiger partial charge in [-0.2, -0.15) is 8.42 Å². The molecule has 1 aromatic rings. The second kappa shape index (κ2) is 8.24. The molecule has 1 aromatic carbocycles. The molecule has 0 unspecified atom stereocenters. The highest BCUT2D eigenvalue weighted by atomic mass is 32.2. The molecule has 1 atom stereocenters. The van der Waals surface area contributed by atoms with Gasteiger partial charge in [0.25, 0.3) is 5.91 Å². The molecule has 1 fully saturated rings. The predicted octanol–water partition coefficient (Wildman–Crippen LogP) is 2.29. The predicted molar refractivity (Wildman–Crippen MR) is 114 cm³/mol. The number of rotatable bonds is 7. The van der Waals surface area contributed by atoms with Gasteiger partial charge in [-0.25, -0.2) is 8.61 Å². The van der Waals surface area contributed by atoms with Crippen molar-refractivity contribution in [1.82, 2.24) is 9.62 Å². The van der Waals surface area contributed by atoms with Crippen molar-refractivity contribution in [2.45, 2.75) is 58.9 Å². The van der Waals surface area contributed by atoms with Crippen LogP contribution in [0.15, 0.2) is 18.2 Å². The fourth-order valence-corrected chi connectivity index (χ4v) is 5.95. The average Bonchev–Trinajstić information content (AvgIpc) is 2.73. The van der Waals surface area contributed by atoms with Crippen molar-refractivity contribution in [2.75, 3.05) is 17.4 Å². The van der Waals surface area contributed by atoms with E-state index >= 15 is 0 Å². The molecule has 7 nitrogen and oxygen atoms in total. The van der Waals surface area contributed by atoms with Gasteiger partial charge in [0, 0.05) is 27.6 Å². The Bertz CT molecular complexity index is 864. The quantitative estimate of drug-likeness (QED) is 0.679. The van der Waals surface area contributed by atoms with Gasteiger partial charge in [0.05, 0.1) is 5.69 Å². The number of nitrogens with one attached hydrogen (secondary N) is 1. The van der Waals surface area contributed by atoms with Crippen molar-refractivity contribution >= 4 is 35.8 Å². The number of nitrogens with zero attached hydrogens (tertiary/aromatic N) is 2. The Balaban J connectivity index is 2.21. The Labute approximate surface area is 169 Å². The van der Waals surface area contributed by atoms with E-state index in [1.807, 2.05) is 26.0 Å². The van der Waals surface area contributed by atoms with Crippen molar-refractivity contribution in [3.05, 3.63) is 29.3 Å². The third kappa shape index (κ3) is 5.35. The highest BCUT2D eigenvalue weighted by molar-refractivity contribution is 7.91. The van der Waals surface area contributed by atoms with Gasteiger partial charge in [0.1, 0.15) is 6.54 Å². The normalized spacial score (nSPS) is 17.7. The molecule has 1 aliphatic rings. The third-order valence-corrected chi connectivity index (χ3v) is 8.25. The molecule has 1 aliphatic heterocycles. The van der Waals surface area contributed by atoms with E-state index in [-0.39, 0.29) is 30.9 Å². The number of hydrogen-bond acceptors (Lipinski definition) is 4. The van der Waals surface area contributed by atoms with E-state index < -0.39 is 18.3 Å². The van der Waals surface area contributed by atoms with E-state index in [0.29, 0.717) is 12.1 Å². The topological polar surface area (TPSA) is 86.8 Å². The van der Waals surface area contributed by atoms with Crippen LogP contribution in [0.5, 0.6) is 0 Å². The molecular formula is C19H31N3O4SSi. The Kier molecular flexibility index (Phi) is 6.60. The Morgan fingerprint density at radius 1 is 1.29 bits per heavy atom. The number of aryl methyl sites for hydroxylation is 1. The van der Waals surface area contributed by atoms with E-state index in [1.54, 1.807) is 6.07 Å². The van der Waals surface area contributed by atoms with E-state index in [0.717, 1.165) is 21.5 Å². The van der Waals surface area contributed by atoms with Gasteiger partial charge in [0.15, 0.2) is 0 Å². The standard InChI is InChI=1S/C19H31N3O4SSi/c1-14-11-17(12-15(2)20-16(3)23)7-8-18(14)22-13-19(24)21(27(22,25)26)9-10-28(4,5)6/h7-8,11,15H,9-10,12-13H2,1-6H3,(H,20,23)/t15-/m1/s1. The van der Waals surface area contributed by atoms with E-state index in [1.165, 1.54) is 11.2 Å². The summed E-state index contributed by atoms with van der Waals surface area (Å²) in [5.74, 6) is -0.457. The number of benzene rings is 1. The minimum absolute atomic E-state index is 0.0168. The van der Waals surface area contributed by atoms with Crippen LogP contribution in [-0.2, 0) is 26.2 Å². The van der Waals surface area contributed by atoms with Crippen LogP contribution in [0.4, 0.5) is 5.69 Å². The summed E-state index contributed by atoms with van der Waals surface area (Å²) in [6.45, 7) is 11.8. The van der Waals surface area contributed by atoms with Crippen LogP contribution < -0.4 is 9.62 Å². The van der Waals surface area contributed by atoms with E-state index in [4.69, 9.17) is 0 Å². The van der Waals surface area contributed by atoms with Crippen molar-refractivity contribution in [3.8, 4) is 0 Å². The van der Waals surface area contributed by atoms with Crippen LogP contribution in [0, 0.1) is 6.92 Å². The summed E-state index contributed by atoms with van der Waals surface area (Å²) >= 11 is 0. The smallest absolute Gasteiger partial charge is 0.329 e. The summed E-state index contributed by atoms with van der Waals surface area (Å²) in [5, 5.41) is 2.84. The molecule has 2 amide bonds. The fraction of sp³-hybridized carbons (Fsp3) is 0.579. The first kappa shape index (κ1) is 22.4. The summed E-state index contributed by atoms with van der Waals surface area (Å²) in [7, 11) is -5.32. The highest BCUT2D eigenvalue weighted by Gasteiger charge is 2.43. The first-order chi connectivity index (χ1) is 12.8. The molecule has 2 rings (SSSR count). The van der Waals surface area contributed by atoms with Crippen LogP contribution in [-0.4, -0.2) is 51.7 Å². The van der Waals surface area contributed by atoms with Crippen LogP contribution in [0.3, 0.4) is 0 Å². The SMILES string of the molecule is CC(=O)N[C@H](C)Cc1ccc(N2CC(=O)N(CC[Si](C)(C)C)S2(=O)=O)c(C)c1. The Morgan fingerprint density at radius 3 is 2.46 bits per heavy atom. The molecular weight excluding hydrogens is 394 g/mol. The summed E-state index contributed by atoms with van der Waals surface area (Å²) in [4.78, 5) is 23.6. The first-order valence-electron chi connectivity index (χ1n) is 9.51. The van der Waals surface area contributed by atoms with E-state index in [2.05, 4.69) is 25.0 Å². The van der Waals surface area contributed by atoms with Crippen LogP contribution in [0.2, 0.25) is 25.7 Å². The van der Waals surface area contributed by atoms with Crippen LogP contribution in [0.25, 0.3) is 0 Å². The second-order valence-corrected chi connectivity index (χ2v) is 16.1. The number of carbonyl (C=O) groups excluding carboxylic acids is 2. The monoisotopic (exact) mass is 425 g/mol. The summed E-state index contributed by atoms with van der Waals surface area (Å²) in [6.07, 6.45) is 0.648. The summed E-state index contributed by atoms with van der Waals surface area (Å²) in [5.41, 5.74) is 2.32. The number of hydrogen-bond donors (Lipinski definition) is 1. The van der Waals surface area contributed by atoms with Gasteiger partial charge < -0.3 is 5.32 Å². The lowest BCUT2D eigenvalue weighted by Crippen LogP contribution is -2.37. The minimum atomic E-state index is -3.84. The number of anilines is 1. The molecule has 0 bridgehead atoms. The van der Waals surface area contributed by atoms with E-state index in [9.17, 15) is 18.0 Å². The molecule has 0 aromatic heterocycles. The van der Waals surface area contributed by atoms with Crippen LogP contribution in [0.1, 0.15) is 25.0 Å².